The predicted molar refractivity (Wildman–Crippen MR) is 107 cm³/mol. The summed E-state index contributed by atoms with van der Waals surface area (Å²) in [6, 6.07) is 9.06. The molecule has 6 nitrogen and oxygen atoms in total. The minimum absolute atomic E-state index is 0.00185. The molecule has 0 unspecified atom stereocenters. The van der Waals surface area contributed by atoms with Gasteiger partial charge in [-0.05, 0) is 55.0 Å². The maximum Gasteiger partial charge on any atom is 0.263 e. The summed E-state index contributed by atoms with van der Waals surface area (Å²) < 4.78 is 0. The summed E-state index contributed by atoms with van der Waals surface area (Å²) in [5.41, 5.74) is 2.29. The van der Waals surface area contributed by atoms with E-state index in [1.807, 2.05) is 30.5 Å². The van der Waals surface area contributed by atoms with Crippen LogP contribution in [-0.2, 0) is 9.59 Å². The van der Waals surface area contributed by atoms with Gasteiger partial charge < -0.3 is 15.5 Å². The number of carbonyl (C=O) groups is 3. The Hall–Kier alpha value is -2.67. The fraction of sp³-hybridized carbons (Fsp3) is 0.350. The molecule has 0 saturated carbocycles. The summed E-state index contributed by atoms with van der Waals surface area (Å²) in [6.07, 6.45) is 1.58. The average molecular weight is 385 g/mol. The van der Waals surface area contributed by atoms with Crippen LogP contribution >= 0.6 is 11.3 Å². The Morgan fingerprint density at radius 1 is 1.19 bits per heavy atom. The Balaban J connectivity index is 1.63. The number of aryl methyl sites for hydroxylation is 1. The first-order valence-corrected chi connectivity index (χ1v) is 9.84. The molecule has 27 heavy (non-hydrogen) atoms. The van der Waals surface area contributed by atoms with E-state index >= 15 is 0 Å². The van der Waals surface area contributed by atoms with Crippen molar-refractivity contribution >= 4 is 40.4 Å². The van der Waals surface area contributed by atoms with Gasteiger partial charge in [0.2, 0.25) is 11.8 Å². The molecule has 0 aliphatic carbocycles. The molecule has 0 spiro atoms. The Labute approximate surface area is 162 Å². The normalized spacial score (nSPS) is 16.7. The number of rotatable bonds is 4. The lowest BCUT2D eigenvalue weighted by molar-refractivity contribution is -0.121. The number of hydrogen-bond acceptors (Lipinski definition) is 4. The van der Waals surface area contributed by atoms with Gasteiger partial charge in [0.25, 0.3) is 5.91 Å². The van der Waals surface area contributed by atoms with Gasteiger partial charge in [-0.25, -0.2) is 0 Å². The lowest BCUT2D eigenvalue weighted by Crippen LogP contribution is -2.43. The van der Waals surface area contributed by atoms with Crippen LogP contribution in [0.3, 0.4) is 0 Å². The van der Waals surface area contributed by atoms with Crippen LogP contribution in [-0.4, -0.2) is 35.7 Å². The highest BCUT2D eigenvalue weighted by atomic mass is 32.1. The number of carbonyl (C=O) groups excluding carboxylic acids is 3. The number of anilines is 2. The van der Waals surface area contributed by atoms with E-state index in [9.17, 15) is 14.4 Å². The zero-order valence-electron chi connectivity index (χ0n) is 15.5. The Kier molecular flexibility index (Phi) is 5.91. The molecule has 1 aromatic carbocycles. The molecule has 2 heterocycles. The van der Waals surface area contributed by atoms with Crippen molar-refractivity contribution in [1.29, 1.82) is 0 Å². The van der Waals surface area contributed by atoms with Gasteiger partial charge in [-0.2, -0.15) is 0 Å². The molecule has 2 N–H and O–H groups in total. The van der Waals surface area contributed by atoms with Gasteiger partial charge >= 0.3 is 0 Å². The minimum Gasteiger partial charge on any atom is -0.337 e. The smallest absolute Gasteiger partial charge is 0.263 e. The Morgan fingerprint density at radius 3 is 2.67 bits per heavy atom. The van der Waals surface area contributed by atoms with Crippen LogP contribution in [0.25, 0.3) is 0 Å². The second-order valence-electron chi connectivity index (χ2n) is 6.77. The van der Waals surface area contributed by atoms with Crippen molar-refractivity contribution in [3.63, 3.8) is 0 Å². The number of likely N-dealkylation sites (tertiary alicyclic amines) is 1. The monoisotopic (exact) mass is 385 g/mol. The van der Waals surface area contributed by atoms with Gasteiger partial charge in [0.15, 0.2) is 0 Å². The lowest BCUT2D eigenvalue weighted by Gasteiger charge is -2.31. The van der Waals surface area contributed by atoms with E-state index in [4.69, 9.17) is 0 Å². The number of amides is 3. The number of benzene rings is 1. The van der Waals surface area contributed by atoms with Gasteiger partial charge in [0.1, 0.15) is 0 Å². The van der Waals surface area contributed by atoms with Crippen LogP contribution in [0, 0.1) is 12.8 Å². The van der Waals surface area contributed by atoms with Gasteiger partial charge in [0.05, 0.1) is 10.8 Å². The summed E-state index contributed by atoms with van der Waals surface area (Å²) in [5.74, 6) is -0.436. The second kappa shape index (κ2) is 8.35. The Morgan fingerprint density at radius 2 is 2.00 bits per heavy atom. The first-order valence-electron chi connectivity index (χ1n) is 8.96. The van der Waals surface area contributed by atoms with Gasteiger partial charge in [-0.3, -0.25) is 14.4 Å². The van der Waals surface area contributed by atoms with E-state index in [-0.39, 0.29) is 23.6 Å². The molecular weight excluding hydrogens is 362 g/mol. The molecule has 1 atom stereocenters. The highest BCUT2D eigenvalue weighted by Crippen LogP contribution is 2.24. The lowest BCUT2D eigenvalue weighted by atomic mass is 9.96. The van der Waals surface area contributed by atoms with E-state index in [0.29, 0.717) is 23.7 Å². The van der Waals surface area contributed by atoms with Crippen LogP contribution in [0.1, 0.15) is 35.0 Å². The molecular formula is C20H23N3O3S. The summed E-state index contributed by atoms with van der Waals surface area (Å²) in [5, 5.41) is 7.58. The maximum absolute atomic E-state index is 12.7. The largest absolute Gasteiger partial charge is 0.337 e. The van der Waals surface area contributed by atoms with Crippen molar-refractivity contribution in [1.82, 2.24) is 4.90 Å². The Bertz CT molecular complexity index is 848. The summed E-state index contributed by atoms with van der Waals surface area (Å²) >= 11 is 1.42. The summed E-state index contributed by atoms with van der Waals surface area (Å²) in [7, 11) is 0. The molecule has 3 rings (SSSR count). The highest BCUT2D eigenvalue weighted by molar-refractivity contribution is 7.12. The maximum atomic E-state index is 12.7. The third kappa shape index (κ3) is 4.74. The fourth-order valence-electron chi connectivity index (χ4n) is 3.25. The molecule has 2 aromatic rings. The van der Waals surface area contributed by atoms with Crippen molar-refractivity contribution < 1.29 is 14.4 Å². The fourth-order valence-corrected chi connectivity index (χ4v) is 3.94. The molecule has 1 aliphatic rings. The van der Waals surface area contributed by atoms with Crippen LogP contribution in [0.4, 0.5) is 11.4 Å². The van der Waals surface area contributed by atoms with Crippen LogP contribution in [0.2, 0.25) is 0 Å². The van der Waals surface area contributed by atoms with E-state index in [1.165, 1.54) is 18.3 Å². The molecule has 3 amide bonds. The molecule has 1 aliphatic heterocycles. The average Bonchev–Trinajstić information content (AvgIpc) is 3.18. The molecule has 142 valence electrons. The van der Waals surface area contributed by atoms with E-state index < -0.39 is 0 Å². The first-order chi connectivity index (χ1) is 12.9. The number of thiophene rings is 1. The quantitative estimate of drug-likeness (QED) is 0.845. The number of nitrogens with zero attached hydrogens (tertiary/aromatic N) is 1. The van der Waals surface area contributed by atoms with Crippen molar-refractivity contribution in [3.8, 4) is 0 Å². The molecule has 7 heteroatoms. The van der Waals surface area contributed by atoms with Crippen molar-refractivity contribution in [2.75, 3.05) is 23.7 Å². The zero-order valence-corrected chi connectivity index (χ0v) is 16.3. The standard InChI is InChI=1S/C20H23N3O3S/c1-13-11-16(7-8-17(13)21-14(2)24)22-19(25)15-5-3-9-23(12-15)20(26)18-6-4-10-27-18/h4,6-8,10-11,15H,3,5,9,12H2,1-2H3,(H,21,24)(H,22,25)/t15-/m1/s1. The van der Waals surface area contributed by atoms with Crippen LogP contribution < -0.4 is 10.6 Å². The van der Waals surface area contributed by atoms with Crippen LogP contribution in [0.15, 0.2) is 35.7 Å². The zero-order chi connectivity index (χ0) is 19.4. The van der Waals surface area contributed by atoms with Crippen molar-refractivity contribution in [2.24, 2.45) is 5.92 Å². The third-order valence-electron chi connectivity index (χ3n) is 4.62. The first kappa shape index (κ1) is 19.1. The molecule has 0 radical (unpaired) electrons. The van der Waals surface area contributed by atoms with E-state index in [0.717, 1.165) is 24.1 Å². The van der Waals surface area contributed by atoms with Gasteiger partial charge in [0, 0.05) is 31.4 Å². The van der Waals surface area contributed by atoms with Crippen molar-refractivity contribution in [3.05, 3.63) is 46.2 Å². The summed E-state index contributed by atoms with van der Waals surface area (Å²) in [6.45, 7) is 4.46. The van der Waals surface area contributed by atoms with E-state index in [1.54, 1.807) is 17.0 Å². The third-order valence-corrected chi connectivity index (χ3v) is 5.47. The van der Waals surface area contributed by atoms with Gasteiger partial charge in [-0.15, -0.1) is 11.3 Å². The van der Waals surface area contributed by atoms with Crippen molar-refractivity contribution in [2.45, 2.75) is 26.7 Å². The molecule has 1 aromatic heterocycles. The topological polar surface area (TPSA) is 78.5 Å². The highest BCUT2D eigenvalue weighted by Gasteiger charge is 2.29. The summed E-state index contributed by atoms with van der Waals surface area (Å²) in [4.78, 5) is 38.9. The number of piperidine rings is 1. The number of hydrogen-bond donors (Lipinski definition) is 2. The van der Waals surface area contributed by atoms with Crippen LogP contribution in [0.5, 0.6) is 0 Å². The second-order valence-corrected chi connectivity index (χ2v) is 7.72. The van der Waals surface area contributed by atoms with Gasteiger partial charge in [-0.1, -0.05) is 6.07 Å². The predicted octanol–water partition coefficient (Wildman–Crippen LogP) is 3.51. The SMILES string of the molecule is CC(=O)Nc1ccc(NC(=O)[C@@H]2CCCN(C(=O)c3cccs3)C2)cc1C. The molecule has 0 bridgehead atoms. The molecule has 1 saturated heterocycles. The molecule has 1 fully saturated rings. The minimum atomic E-state index is -0.224. The number of nitrogens with one attached hydrogen (secondary N) is 2. The van der Waals surface area contributed by atoms with E-state index in [2.05, 4.69) is 10.6 Å².